The number of aliphatic carboxylic acids is 1. The van der Waals surface area contributed by atoms with E-state index in [1.165, 1.54) is 35.3 Å². The van der Waals surface area contributed by atoms with Gasteiger partial charge in [-0.3, -0.25) is 14.5 Å². The van der Waals surface area contributed by atoms with E-state index in [2.05, 4.69) is 25.7 Å². The Morgan fingerprint density at radius 2 is 2.12 bits per heavy atom. The van der Waals surface area contributed by atoms with Crippen molar-refractivity contribution in [1.29, 1.82) is 0 Å². The number of thiazole rings is 1. The molecule has 4 heterocycles. The second-order valence-corrected chi connectivity index (χ2v) is 11.3. The van der Waals surface area contributed by atoms with E-state index in [1.807, 2.05) is 0 Å². The molecule has 2 atom stereocenters. The lowest BCUT2D eigenvalue weighted by atomic mass is 10.0. The van der Waals surface area contributed by atoms with Crippen LogP contribution in [0.3, 0.4) is 0 Å². The lowest BCUT2D eigenvalue weighted by molar-refractivity contribution is -0.150. The van der Waals surface area contributed by atoms with E-state index in [4.69, 9.17) is 15.0 Å². The van der Waals surface area contributed by atoms with Gasteiger partial charge in [0.05, 0.1) is 0 Å². The zero-order valence-electron chi connectivity index (χ0n) is 21.0. The third kappa shape index (κ3) is 5.66. The molecule has 0 spiro atoms. The van der Waals surface area contributed by atoms with Crippen molar-refractivity contribution in [3.05, 3.63) is 40.5 Å². The van der Waals surface area contributed by atoms with Gasteiger partial charge in [0.1, 0.15) is 29.4 Å². The number of amides is 2. The standard InChI is InChI=1S/C23H21N7O8S3/c1-2-37-29-14(11-8-40-22(24)25-11)17(33)26-15-19(34)30-16(21(35)36)10(6-39-20(15)30)7-41-23-28-27-18(38-23)9-3-4-12(31)13(32)5-9/h3-5,8,15,20,31-32H,2,6-7H2,1H3,(H2,24,25)(H,26,33)(H,35,36)/b29-14+/t15-,20-/m1/s1. The minimum absolute atomic E-state index is 0.0948. The van der Waals surface area contributed by atoms with Gasteiger partial charge < -0.3 is 35.6 Å². The van der Waals surface area contributed by atoms with Crippen LogP contribution in [0.1, 0.15) is 12.6 Å². The van der Waals surface area contributed by atoms with E-state index in [0.29, 0.717) is 11.1 Å². The Morgan fingerprint density at radius 3 is 2.80 bits per heavy atom. The predicted octanol–water partition coefficient (Wildman–Crippen LogP) is 1.46. The highest BCUT2D eigenvalue weighted by Crippen LogP contribution is 2.42. The molecule has 5 rings (SSSR count). The van der Waals surface area contributed by atoms with Crippen LogP contribution in [-0.4, -0.2) is 88.4 Å². The van der Waals surface area contributed by atoms with Crippen LogP contribution in [0.2, 0.25) is 0 Å². The summed E-state index contributed by atoms with van der Waals surface area (Å²) >= 11 is 3.49. The first-order chi connectivity index (χ1) is 19.7. The Morgan fingerprint density at radius 1 is 1.32 bits per heavy atom. The molecule has 1 saturated heterocycles. The fraction of sp³-hybridized carbons (Fsp3) is 0.261. The van der Waals surface area contributed by atoms with E-state index in [0.717, 1.165) is 28.0 Å². The highest BCUT2D eigenvalue weighted by Gasteiger charge is 2.54. The number of phenolic OH excluding ortho intramolecular Hbond substituents is 2. The number of fused-ring (bicyclic) bond motifs is 1. The number of thioether (sulfide) groups is 2. The number of carboxylic acids is 1. The van der Waals surface area contributed by atoms with Gasteiger partial charge in [-0.25, -0.2) is 9.78 Å². The molecule has 2 aromatic heterocycles. The maximum atomic E-state index is 13.1. The number of carboxylic acid groups (broad SMARTS) is 1. The van der Waals surface area contributed by atoms with Gasteiger partial charge in [0.15, 0.2) is 22.3 Å². The summed E-state index contributed by atoms with van der Waals surface area (Å²) in [6, 6.07) is 3.05. The summed E-state index contributed by atoms with van der Waals surface area (Å²) in [7, 11) is 0. The highest BCUT2D eigenvalue weighted by molar-refractivity contribution is 8.01. The average molecular weight is 620 g/mol. The van der Waals surface area contributed by atoms with E-state index >= 15 is 0 Å². The SMILES string of the molecule is CCO/N=C(/C(=O)N[C@@H]1C(=O)N2C(C(=O)O)=C(CSc3nnc(-c4ccc(O)c(O)c4)o3)CS[C@H]12)c1csc(N)n1. The van der Waals surface area contributed by atoms with E-state index < -0.39 is 29.2 Å². The number of phenols is 2. The summed E-state index contributed by atoms with van der Waals surface area (Å²) in [4.78, 5) is 48.5. The summed E-state index contributed by atoms with van der Waals surface area (Å²) in [5.74, 6) is -2.72. The summed E-state index contributed by atoms with van der Waals surface area (Å²) in [5, 5.41) is 44.7. The van der Waals surface area contributed by atoms with Crippen molar-refractivity contribution < 1.29 is 39.0 Å². The molecule has 18 heteroatoms. The average Bonchev–Trinajstić information content (AvgIpc) is 3.60. The first-order valence-electron chi connectivity index (χ1n) is 11.8. The number of hydrogen-bond acceptors (Lipinski definition) is 15. The monoisotopic (exact) mass is 619 g/mol. The molecule has 0 saturated carbocycles. The normalized spacial score (nSPS) is 18.6. The zero-order valence-corrected chi connectivity index (χ0v) is 23.5. The lowest BCUT2D eigenvalue weighted by Crippen LogP contribution is -2.71. The van der Waals surface area contributed by atoms with Crippen LogP contribution < -0.4 is 11.1 Å². The number of nitrogen functional groups attached to an aromatic ring is 1. The smallest absolute Gasteiger partial charge is 0.352 e. The third-order valence-corrected chi connectivity index (χ3v) is 8.72. The molecular formula is C23H21N7O8S3. The third-order valence-electron chi connectivity index (χ3n) is 5.80. The predicted molar refractivity (Wildman–Crippen MR) is 148 cm³/mol. The first-order valence-corrected chi connectivity index (χ1v) is 14.7. The number of oxime groups is 1. The van der Waals surface area contributed by atoms with Crippen LogP contribution in [-0.2, 0) is 19.2 Å². The number of β-lactam (4-membered cyclic amide) rings is 1. The number of nitrogens with zero attached hydrogens (tertiary/aromatic N) is 5. The number of carbonyl (C=O) groups excluding carboxylic acids is 2. The Hall–Kier alpha value is -4.29. The molecule has 0 aliphatic carbocycles. The molecule has 2 aliphatic rings. The minimum atomic E-state index is -1.29. The van der Waals surface area contributed by atoms with Crippen LogP contribution in [0, 0.1) is 0 Å². The maximum Gasteiger partial charge on any atom is 0.352 e. The van der Waals surface area contributed by atoms with Crippen LogP contribution in [0.4, 0.5) is 5.13 Å². The summed E-state index contributed by atoms with van der Waals surface area (Å²) in [5.41, 5.74) is 6.38. The van der Waals surface area contributed by atoms with Gasteiger partial charge in [0.25, 0.3) is 17.0 Å². The quantitative estimate of drug-likeness (QED) is 0.0712. The van der Waals surface area contributed by atoms with Crippen LogP contribution >= 0.6 is 34.9 Å². The molecule has 6 N–H and O–H groups in total. The van der Waals surface area contributed by atoms with E-state index in [9.17, 15) is 29.7 Å². The maximum absolute atomic E-state index is 13.1. The Kier molecular flexibility index (Phi) is 8.04. The molecule has 2 aliphatic heterocycles. The molecule has 15 nitrogen and oxygen atoms in total. The largest absolute Gasteiger partial charge is 0.504 e. The molecule has 41 heavy (non-hydrogen) atoms. The van der Waals surface area contributed by atoms with Crippen LogP contribution in [0.5, 0.6) is 11.5 Å². The van der Waals surface area contributed by atoms with Crippen molar-refractivity contribution in [3.63, 3.8) is 0 Å². The van der Waals surface area contributed by atoms with Crippen molar-refractivity contribution >= 4 is 63.5 Å². The van der Waals surface area contributed by atoms with E-state index in [1.54, 1.807) is 6.92 Å². The van der Waals surface area contributed by atoms with Crippen molar-refractivity contribution in [3.8, 4) is 23.0 Å². The summed E-state index contributed by atoms with van der Waals surface area (Å²) in [6.45, 7) is 1.89. The van der Waals surface area contributed by atoms with Crippen LogP contribution in [0.25, 0.3) is 11.5 Å². The van der Waals surface area contributed by atoms with Gasteiger partial charge in [-0.2, -0.15) is 0 Å². The molecular weight excluding hydrogens is 598 g/mol. The molecule has 0 unspecified atom stereocenters. The second kappa shape index (κ2) is 11.7. The van der Waals surface area contributed by atoms with Gasteiger partial charge in [-0.05, 0) is 30.7 Å². The number of anilines is 1. The minimum Gasteiger partial charge on any atom is -0.504 e. The van der Waals surface area contributed by atoms with Crippen molar-refractivity contribution in [1.82, 2.24) is 25.4 Å². The number of benzene rings is 1. The zero-order chi connectivity index (χ0) is 29.3. The van der Waals surface area contributed by atoms with Crippen molar-refractivity contribution in [2.45, 2.75) is 23.6 Å². The Bertz CT molecular complexity index is 1590. The van der Waals surface area contributed by atoms with Gasteiger partial charge in [-0.1, -0.05) is 16.9 Å². The van der Waals surface area contributed by atoms with Crippen LogP contribution in [0.15, 0.2) is 49.6 Å². The van der Waals surface area contributed by atoms with Crippen molar-refractivity contribution in [2.24, 2.45) is 5.16 Å². The van der Waals surface area contributed by atoms with E-state index in [-0.39, 0.29) is 63.0 Å². The molecule has 3 aromatic rings. The number of aromatic nitrogens is 3. The van der Waals surface area contributed by atoms with Gasteiger partial charge >= 0.3 is 5.97 Å². The topological polar surface area (TPSA) is 227 Å². The number of carbonyl (C=O) groups is 3. The lowest BCUT2D eigenvalue weighted by Gasteiger charge is -2.49. The number of aromatic hydroxyl groups is 2. The molecule has 0 radical (unpaired) electrons. The fourth-order valence-corrected chi connectivity index (χ4v) is 6.72. The number of nitrogens with one attached hydrogen (secondary N) is 1. The summed E-state index contributed by atoms with van der Waals surface area (Å²) in [6.07, 6.45) is 0. The highest BCUT2D eigenvalue weighted by atomic mass is 32.2. The Balaban J connectivity index is 1.28. The summed E-state index contributed by atoms with van der Waals surface area (Å²) < 4.78 is 5.59. The number of rotatable bonds is 10. The second-order valence-electron chi connectivity index (χ2n) is 8.41. The number of hydrogen-bond donors (Lipinski definition) is 5. The number of nitrogens with two attached hydrogens (primary N) is 1. The van der Waals surface area contributed by atoms with Gasteiger partial charge in [-0.15, -0.1) is 33.3 Å². The van der Waals surface area contributed by atoms with Gasteiger partial charge in [0, 0.05) is 22.4 Å². The molecule has 0 bridgehead atoms. The molecule has 214 valence electrons. The first kappa shape index (κ1) is 28.2. The Labute approximate surface area is 243 Å². The molecule has 2 amide bonds. The van der Waals surface area contributed by atoms with Crippen molar-refractivity contribution in [2.75, 3.05) is 23.8 Å². The molecule has 1 aromatic carbocycles. The molecule has 1 fully saturated rings. The fourth-order valence-electron chi connectivity index (χ4n) is 3.92. The van der Waals surface area contributed by atoms with Gasteiger partial charge in [0.2, 0.25) is 5.89 Å².